The summed E-state index contributed by atoms with van der Waals surface area (Å²) in [4.78, 5) is 35.9. The summed E-state index contributed by atoms with van der Waals surface area (Å²) in [7, 11) is 1.20. The maximum atomic E-state index is 13.8. The van der Waals surface area contributed by atoms with E-state index in [1.807, 2.05) is 0 Å². The van der Waals surface area contributed by atoms with Gasteiger partial charge in [0, 0.05) is 26.1 Å². The van der Waals surface area contributed by atoms with E-state index in [0.29, 0.717) is 6.07 Å². The third kappa shape index (κ3) is 3.85. The van der Waals surface area contributed by atoms with E-state index in [9.17, 15) is 23.2 Å². The Morgan fingerprint density at radius 3 is 2.75 bits per heavy atom. The minimum atomic E-state index is -1.23. The van der Waals surface area contributed by atoms with E-state index in [2.05, 4.69) is 10.1 Å². The quantitative estimate of drug-likeness (QED) is 0.786. The summed E-state index contributed by atoms with van der Waals surface area (Å²) in [5.41, 5.74) is -0.1000. The number of hydrogen-bond donors (Lipinski definition) is 2. The lowest BCUT2D eigenvalue weighted by atomic mass is 10.1. The molecule has 0 aromatic heterocycles. The number of nitrogens with one attached hydrogen (secondary N) is 1. The van der Waals surface area contributed by atoms with E-state index in [0.717, 1.165) is 17.0 Å². The molecule has 0 saturated carbocycles. The smallest absolute Gasteiger partial charge is 0.334 e. The molecule has 1 aromatic rings. The van der Waals surface area contributed by atoms with Crippen molar-refractivity contribution in [2.24, 2.45) is 5.92 Å². The first-order valence-corrected chi connectivity index (χ1v) is 7.12. The number of anilines is 1. The number of hydrogen-bond acceptors (Lipinski definition) is 4. The second-order valence-corrected chi connectivity index (χ2v) is 5.31. The SMILES string of the molecule is COC(CNC(=O)C1CC(=O)N(c2ccc(F)cc2F)C1)C(=O)O. The fourth-order valence-corrected chi connectivity index (χ4v) is 2.43. The summed E-state index contributed by atoms with van der Waals surface area (Å²) in [6.07, 6.45) is -1.34. The highest BCUT2D eigenvalue weighted by Gasteiger charge is 2.36. The van der Waals surface area contributed by atoms with Crippen molar-refractivity contribution in [3.05, 3.63) is 29.8 Å². The zero-order valence-electron chi connectivity index (χ0n) is 12.8. The van der Waals surface area contributed by atoms with E-state index >= 15 is 0 Å². The van der Waals surface area contributed by atoms with Crippen molar-refractivity contribution >= 4 is 23.5 Å². The molecular formula is C15H16F2N2O5. The first-order valence-electron chi connectivity index (χ1n) is 7.12. The molecule has 24 heavy (non-hydrogen) atoms. The third-order valence-electron chi connectivity index (χ3n) is 3.72. The number of benzene rings is 1. The van der Waals surface area contributed by atoms with E-state index in [1.54, 1.807) is 0 Å². The van der Waals surface area contributed by atoms with Crippen molar-refractivity contribution < 1.29 is 33.0 Å². The molecule has 9 heteroatoms. The molecular weight excluding hydrogens is 326 g/mol. The van der Waals surface area contributed by atoms with Crippen LogP contribution in [0, 0.1) is 17.6 Å². The molecule has 130 valence electrons. The molecule has 2 amide bonds. The van der Waals surface area contributed by atoms with Crippen LogP contribution < -0.4 is 10.2 Å². The molecule has 1 fully saturated rings. The topological polar surface area (TPSA) is 95.9 Å². The van der Waals surface area contributed by atoms with Gasteiger partial charge in [-0.1, -0.05) is 0 Å². The second kappa shape index (κ2) is 7.35. The number of methoxy groups -OCH3 is 1. The van der Waals surface area contributed by atoms with Crippen LogP contribution in [0.1, 0.15) is 6.42 Å². The Kier molecular flexibility index (Phi) is 5.45. The molecule has 1 heterocycles. The van der Waals surface area contributed by atoms with Crippen molar-refractivity contribution in [2.45, 2.75) is 12.5 Å². The highest BCUT2D eigenvalue weighted by molar-refractivity contribution is 6.00. The van der Waals surface area contributed by atoms with Crippen molar-refractivity contribution in [2.75, 3.05) is 25.1 Å². The molecule has 1 aromatic carbocycles. The van der Waals surface area contributed by atoms with Crippen LogP contribution in [0.25, 0.3) is 0 Å². The average Bonchev–Trinajstić information content (AvgIpc) is 2.89. The first kappa shape index (κ1) is 17.8. The van der Waals surface area contributed by atoms with Gasteiger partial charge in [-0.3, -0.25) is 9.59 Å². The van der Waals surface area contributed by atoms with Gasteiger partial charge in [0.05, 0.1) is 18.2 Å². The zero-order valence-corrected chi connectivity index (χ0v) is 12.8. The molecule has 1 saturated heterocycles. The lowest BCUT2D eigenvalue weighted by molar-refractivity contribution is -0.148. The fourth-order valence-electron chi connectivity index (χ4n) is 2.43. The Balaban J connectivity index is 2.01. The average molecular weight is 342 g/mol. The number of carboxylic acid groups (broad SMARTS) is 1. The number of carbonyl (C=O) groups is 3. The molecule has 2 unspecified atom stereocenters. The fraction of sp³-hybridized carbons (Fsp3) is 0.400. The standard InChI is InChI=1S/C15H16F2N2O5/c1-24-12(15(22)23)6-18-14(21)8-4-13(20)19(7-8)11-3-2-9(16)5-10(11)17/h2-3,5,8,12H,4,6-7H2,1H3,(H,18,21)(H,22,23). The van der Waals surface area contributed by atoms with Crippen LogP contribution in [0.5, 0.6) is 0 Å². The van der Waals surface area contributed by atoms with Crippen LogP contribution in [0.4, 0.5) is 14.5 Å². The van der Waals surface area contributed by atoms with Crippen molar-refractivity contribution in [3.8, 4) is 0 Å². The normalized spacial score (nSPS) is 18.5. The number of amides is 2. The highest BCUT2D eigenvalue weighted by Crippen LogP contribution is 2.27. The Labute approximate surface area is 136 Å². The van der Waals surface area contributed by atoms with Crippen molar-refractivity contribution in [1.82, 2.24) is 5.32 Å². The summed E-state index contributed by atoms with van der Waals surface area (Å²) >= 11 is 0. The van der Waals surface area contributed by atoms with E-state index in [1.165, 1.54) is 7.11 Å². The third-order valence-corrected chi connectivity index (χ3v) is 3.72. The summed E-state index contributed by atoms with van der Waals surface area (Å²) in [6.45, 7) is -0.321. The van der Waals surface area contributed by atoms with Gasteiger partial charge >= 0.3 is 5.97 Å². The largest absolute Gasteiger partial charge is 0.479 e. The number of ether oxygens (including phenoxy) is 1. The molecule has 1 aliphatic heterocycles. The van der Waals surface area contributed by atoms with E-state index in [-0.39, 0.29) is 25.2 Å². The van der Waals surface area contributed by atoms with Gasteiger partial charge < -0.3 is 20.1 Å². The van der Waals surface area contributed by atoms with Gasteiger partial charge in [-0.15, -0.1) is 0 Å². The lowest BCUT2D eigenvalue weighted by Crippen LogP contribution is -2.41. The Morgan fingerprint density at radius 1 is 1.46 bits per heavy atom. The van der Waals surface area contributed by atoms with Gasteiger partial charge in [0.2, 0.25) is 11.8 Å². The van der Waals surface area contributed by atoms with Gasteiger partial charge in [-0.25, -0.2) is 13.6 Å². The van der Waals surface area contributed by atoms with E-state index < -0.39 is 41.4 Å². The number of rotatable bonds is 6. The van der Waals surface area contributed by atoms with Gasteiger partial charge in [0.1, 0.15) is 11.6 Å². The van der Waals surface area contributed by atoms with Crippen molar-refractivity contribution in [3.63, 3.8) is 0 Å². The summed E-state index contributed by atoms with van der Waals surface area (Å²) in [5, 5.41) is 11.2. The molecule has 2 atom stereocenters. The Morgan fingerprint density at radius 2 is 2.17 bits per heavy atom. The van der Waals surface area contributed by atoms with Crippen LogP contribution >= 0.6 is 0 Å². The molecule has 0 spiro atoms. The van der Waals surface area contributed by atoms with Crippen LogP contribution in [-0.4, -0.2) is 49.2 Å². The minimum absolute atomic E-state index is 0.0715. The molecule has 2 N–H and O–H groups in total. The predicted molar refractivity (Wildman–Crippen MR) is 78.3 cm³/mol. The Bertz CT molecular complexity index is 667. The highest BCUT2D eigenvalue weighted by atomic mass is 19.1. The maximum Gasteiger partial charge on any atom is 0.334 e. The number of carboxylic acids is 1. The summed E-state index contributed by atoms with van der Waals surface area (Å²) in [6, 6.07) is 2.81. The molecule has 1 aliphatic rings. The summed E-state index contributed by atoms with van der Waals surface area (Å²) < 4.78 is 31.4. The zero-order chi connectivity index (χ0) is 17.9. The molecule has 0 bridgehead atoms. The molecule has 2 rings (SSSR count). The molecule has 7 nitrogen and oxygen atoms in total. The second-order valence-electron chi connectivity index (χ2n) is 5.31. The van der Waals surface area contributed by atoms with Gasteiger partial charge in [-0.2, -0.15) is 0 Å². The van der Waals surface area contributed by atoms with Crippen LogP contribution in [-0.2, 0) is 19.1 Å². The van der Waals surface area contributed by atoms with Crippen molar-refractivity contribution in [1.29, 1.82) is 0 Å². The monoisotopic (exact) mass is 342 g/mol. The number of carbonyl (C=O) groups excluding carboxylic acids is 2. The van der Waals surface area contributed by atoms with Gasteiger partial charge in [0.25, 0.3) is 0 Å². The van der Waals surface area contributed by atoms with Crippen LogP contribution in [0.15, 0.2) is 18.2 Å². The number of nitrogens with zero attached hydrogens (tertiary/aromatic N) is 1. The van der Waals surface area contributed by atoms with Crippen LogP contribution in [0.2, 0.25) is 0 Å². The number of aliphatic carboxylic acids is 1. The number of halogens is 2. The first-order chi connectivity index (χ1) is 11.3. The minimum Gasteiger partial charge on any atom is -0.479 e. The molecule has 0 radical (unpaired) electrons. The lowest BCUT2D eigenvalue weighted by Gasteiger charge is -2.18. The maximum absolute atomic E-state index is 13.8. The van der Waals surface area contributed by atoms with Crippen LogP contribution in [0.3, 0.4) is 0 Å². The van der Waals surface area contributed by atoms with Gasteiger partial charge in [0.15, 0.2) is 6.10 Å². The van der Waals surface area contributed by atoms with Gasteiger partial charge in [-0.05, 0) is 12.1 Å². The Hall–Kier alpha value is -2.55. The molecule has 0 aliphatic carbocycles. The predicted octanol–water partition coefficient (Wildman–Crippen LogP) is 0.534. The van der Waals surface area contributed by atoms with E-state index in [4.69, 9.17) is 5.11 Å². The summed E-state index contributed by atoms with van der Waals surface area (Å²) in [5.74, 6) is -4.64.